The number of rotatable bonds is 3. The predicted molar refractivity (Wildman–Crippen MR) is 73.0 cm³/mol. The molecule has 0 atom stereocenters. The third kappa shape index (κ3) is 5.19. The van der Waals surface area contributed by atoms with E-state index in [1.807, 2.05) is 20.8 Å². The molecule has 0 radical (unpaired) electrons. The van der Waals surface area contributed by atoms with Crippen molar-refractivity contribution < 1.29 is 9.53 Å². The molecule has 0 aliphatic heterocycles. The minimum Gasteiger partial charge on any atom is -0.459 e. The van der Waals surface area contributed by atoms with Crippen LogP contribution in [0.1, 0.15) is 20.8 Å². The number of carbonyl (C=O) groups is 1. The lowest BCUT2D eigenvalue weighted by molar-refractivity contribution is -0.151. The molecule has 0 bridgehead atoms. The van der Waals surface area contributed by atoms with Crippen molar-refractivity contribution in [1.29, 1.82) is 0 Å². The Kier molecular flexibility index (Phi) is 5.17. The van der Waals surface area contributed by atoms with Gasteiger partial charge in [-0.2, -0.15) is 0 Å². The second-order valence-corrected chi connectivity index (χ2v) is 6.23. The van der Waals surface area contributed by atoms with Gasteiger partial charge in [0.25, 0.3) is 0 Å². The zero-order valence-electron chi connectivity index (χ0n) is 9.92. The SMILES string of the molecule is CC(C)(C)OC(=O)CSc1c(Cl)cccc1Cl. The number of benzene rings is 1. The van der Waals surface area contributed by atoms with E-state index < -0.39 is 5.60 Å². The van der Waals surface area contributed by atoms with Crippen molar-refractivity contribution in [3.63, 3.8) is 0 Å². The van der Waals surface area contributed by atoms with Gasteiger partial charge in [-0.05, 0) is 32.9 Å². The van der Waals surface area contributed by atoms with E-state index in [2.05, 4.69) is 0 Å². The van der Waals surface area contributed by atoms with Crippen LogP contribution in [0.15, 0.2) is 23.1 Å². The van der Waals surface area contributed by atoms with Gasteiger partial charge in [-0.3, -0.25) is 4.79 Å². The van der Waals surface area contributed by atoms with Crippen molar-refractivity contribution in [2.75, 3.05) is 5.75 Å². The van der Waals surface area contributed by atoms with E-state index in [1.165, 1.54) is 11.8 Å². The average molecular weight is 293 g/mol. The molecule has 0 spiro atoms. The molecule has 5 heteroatoms. The highest BCUT2D eigenvalue weighted by atomic mass is 35.5. The second kappa shape index (κ2) is 5.98. The summed E-state index contributed by atoms with van der Waals surface area (Å²) in [6.45, 7) is 5.49. The van der Waals surface area contributed by atoms with Gasteiger partial charge in [0.1, 0.15) is 5.60 Å². The van der Waals surface area contributed by atoms with Gasteiger partial charge in [0.05, 0.1) is 15.8 Å². The van der Waals surface area contributed by atoms with E-state index in [9.17, 15) is 4.79 Å². The number of hydrogen-bond acceptors (Lipinski definition) is 3. The molecule has 0 aliphatic carbocycles. The van der Waals surface area contributed by atoms with Gasteiger partial charge in [-0.15, -0.1) is 11.8 Å². The largest absolute Gasteiger partial charge is 0.459 e. The predicted octanol–water partition coefficient (Wildman–Crippen LogP) is 4.43. The standard InChI is InChI=1S/C12H14Cl2O2S/c1-12(2,3)16-10(15)7-17-11-8(13)5-4-6-9(11)14/h4-6H,7H2,1-3H3. The zero-order chi connectivity index (χ0) is 13.1. The van der Waals surface area contributed by atoms with Gasteiger partial charge in [0.15, 0.2) is 0 Å². The fraction of sp³-hybridized carbons (Fsp3) is 0.417. The van der Waals surface area contributed by atoms with Gasteiger partial charge in [-0.25, -0.2) is 0 Å². The normalized spacial score (nSPS) is 11.4. The van der Waals surface area contributed by atoms with Crippen molar-refractivity contribution in [2.45, 2.75) is 31.3 Å². The lowest BCUT2D eigenvalue weighted by Gasteiger charge is -2.19. The Morgan fingerprint density at radius 3 is 2.29 bits per heavy atom. The van der Waals surface area contributed by atoms with Gasteiger partial charge < -0.3 is 4.74 Å². The number of hydrogen-bond donors (Lipinski definition) is 0. The summed E-state index contributed by atoms with van der Waals surface area (Å²) in [7, 11) is 0. The molecule has 0 heterocycles. The first-order valence-electron chi connectivity index (χ1n) is 5.08. The first-order chi connectivity index (χ1) is 7.79. The van der Waals surface area contributed by atoms with E-state index in [0.29, 0.717) is 14.9 Å². The Hall–Kier alpha value is -0.380. The molecular weight excluding hydrogens is 279 g/mol. The number of thioether (sulfide) groups is 1. The molecule has 17 heavy (non-hydrogen) atoms. The molecule has 0 N–H and O–H groups in total. The van der Waals surface area contributed by atoms with Gasteiger partial charge >= 0.3 is 5.97 Å². The monoisotopic (exact) mass is 292 g/mol. The minimum absolute atomic E-state index is 0.195. The third-order valence-corrected chi connectivity index (χ3v) is 3.64. The summed E-state index contributed by atoms with van der Waals surface area (Å²) in [6, 6.07) is 5.25. The number of halogens is 2. The number of carbonyl (C=O) groups excluding carboxylic acids is 1. The zero-order valence-corrected chi connectivity index (χ0v) is 12.2. The van der Waals surface area contributed by atoms with Gasteiger partial charge in [0, 0.05) is 4.90 Å². The first kappa shape index (κ1) is 14.7. The highest BCUT2D eigenvalue weighted by Gasteiger charge is 2.17. The molecule has 0 fully saturated rings. The summed E-state index contributed by atoms with van der Waals surface area (Å²) in [4.78, 5) is 12.2. The summed E-state index contributed by atoms with van der Waals surface area (Å²) in [5.41, 5.74) is -0.470. The van der Waals surface area contributed by atoms with E-state index in [4.69, 9.17) is 27.9 Å². The smallest absolute Gasteiger partial charge is 0.316 e. The second-order valence-electron chi connectivity index (χ2n) is 4.43. The summed E-state index contributed by atoms with van der Waals surface area (Å²) < 4.78 is 5.19. The molecule has 0 aliphatic rings. The van der Waals surface area contributed by atoms with Crippen LogP contribution >= 0.6 is 35.0 Å². The van der Waals surface area contributed by atoms with Crippen molar-refractivity contribution in [1.82, 2.24) is 0 Å². The first-order valence-corrected chi connectivity index (χ1v) is 6.82. The van der Waals surface area contributed by atoms with Crippen molar-refractivity contribution in [3.05, 3.63) is 28.2 Å². The Balaban J connectivity index is 2.59. The van der Waals surface area contributed by atoms with Crippen LogP contribution in [-0.4, -0.2) is 17.3 Å². The Morgan fingerprint density at radius 1 is 1.29 bits per heavy atom. The molecule has 0 amide bonds. The van der Waals surface area contributed by atoms with Gasteiger partial charge in [0.2, 0.25) is 0 Å². The molecule has 0 saturated carbocycles. The third-order valence-electron chi connectivity index (χ3n) is 1.67. The molecule has 1 rings (SSSR count). The minimum atomic E-state index is -0.470. The maximum atomic E-state index is 11.5. The van der Waals surface area contributed by atoms with E-state index in [1.54, 1.807) is 18.2 Å². The van der Waals surface area contributed by atoms with E-state index in [0.717, 1.165) is 0 Å². The molecule has 0 aromatic heterocycles. The molecule has 0 unspecified atom stereocenters. The highest BCUT2D eigenvalue weighted by Crippen LogP contribution is 2.33. The maximum Gasteiger partial charge on any atom is 0.316 e. The Morgan fingerprint density at radius 2 is 1.82 bits per heavy atom. The molecule has 0 saturated heterocycles. The number of ether oxygens (including phenoxy) is 1. The van der Waals surface area contributed by atoms with Crippen LogP contribution in [0, 0.1) is 0 Å². The van der Waals surface area contributed by atoms with Crippen LogP contribution in [0.4, 0.5) is 0 Å². The van der Waals surface area contributed by atoms with E-state index >= 15 is 0 Å². The molecular formula is C12H14Cl2O2S. The Bertz CT molecular complexity index is 393. The van der Waals surface area contributed by atoms with Crippen LogP contribution in [0.2, 0.25) is 10.0 Å². The highest BCUT2D eigenvalue weighted by molar-refractivity contribution is 8.00. The van der Waals surface area contributed by atoms with Crippen molar-refractivity contribution >= 4 is 40.9 Å². The van der Waals surface area contributed by atoms with Crippen LogP contribution in [0.3, 0.4) is 0 Å². The lowest BCUT2D eigenvalue weighted by Crippen LogP contribution is -2.24. The maximum absolute atomic E-state index is 11.5. The fourth-order valence-electron chi connectivity index (χ4n) is 1.12. The summed E-state index contributed by atoms with van der Waals surface area (Å²) in [5.74, 6) is -0.0840. The van der Waals surface area contributed by atoms with Crippen LogP contribution in [0.5, 0.6) is 0 Å². The van der Waals surface area contributed by atoms with E-state index in [-0.39, 0.29) is 11.7 Å². The van der Waals surface area contributed by atoms with Crippen LogP contribution in [-0.2, 0) is 9.53 Å². The molecule has 1 aromatic rings. The Labute approximate surface area is 116 Å². The topological polar surface area (TPSA) is 26.3 Å². The van der Waals surface area contributed by atoms with Crippen molar-refractivity contribution in [2.24, 2.45) is 0 Å². The summed E-state index contributed by atoms with van der Waals surface area (Å²) in [5, 5.41) is 1.09. The van der Waals surface area contributed by atoms with Crippen LogP contribution < -0.4 is 0 Å². The quantitative estimate of drug-likeness (QED) is 0.609. The molecule has 2 nitrogen and oxygen atoms in total. The fourth-order valence-corrected chi connectivity index (χ4v) is 2.58. The van der Waals surface area contributed by atoms with Crippen molar-refractivity contribution in [3.8, 4) is 0 Å². The van der Waals surface area contributed by atoms with Crippen LogP contribution in [0.25, 0.3) is 0 Å². The average Bonchev–Trinajstić information content (AvgIpc) is 2.14. The summed E-state index contributed by atoms with van der Waals surface area (Å²) >= 11 is 13.3. The molecule has 1 aromatic carbocycles. The lowest BCUT2D eigenvalue weighted by atomic mass is 10.2. The molecule has 94 valence electrons. The number of esters is 1. The van der Waals surface area contributed by atoms with Gasteiger partial charge in [-0.1, -0.05) is 29.3 Å². The summed E-state index contributed by atoms with van der Waals surface area (Å²) in [6.07, 6.45) is 0.